The van der Waals surface area contributed by atoms with Gasteiger partial charge in [-0.25, -0.2) is 4.79 Å². The van der Waals surface area contributed by atoms with Crippen molar-refractivity contribution in [1.82, 2.24) is 4.90 Å². The molecule has 0 aliphatic carbocycles. The van der Waals surface area contributed by atoms with Crippen LogP contribution in [0, 0.1) is 0 Å². The number of methoxy groups -OCH3 is 1. The summed E-state index contributed by atoms with van der Waals surface area (Å²) in [6, 6.07) is 5.32. The van der Waals surface area contributed by atoms with E-state index in [-0.39, 0.29) is 5.91 Å². The molecule has 1 aliphatic heterocycles. The van der Waals surface area contributed by atoms with E-state index in [2.05, 4.69) is 4.90 Å². The predicted octanol–water partition coefficient (Wildman–Crippen LogP) is 0.724. The first-order valence-electron chi connectivity index (χ1n) is 6.52. The van der Waals surface area contributed by atoms with Crippen LogP contribution in [0.15, 0.2) is 18.2 Å². The number of para-hydroxylation sites is 1. The Morgan fingerprint density at radius 3 is 2.40 bits per heavy atom. The van der Waals surface area contributed by atoms with Crippen LogP contribution in [-0.2, 0) is 9.53 Å². The van der Waals surface area contributed by atoms with Crippen molar-refractivity contribution in [3.63, 3.8) is 0 Å². The number of anilines is 2. The number of esters is 1. The Bertz CT molecular complexity index is 522. The van der Waals surface area contributed by atoms with Crippen LogP contribution in [0.5, 0.6) is 0 Å². The average Bonchev–Trinajstić information content (AvgIpc) is 2.47. The molecular weight excluding hydrogens is 258 g/mol. The molecule has 2 N–H and O–H groups in total. The minimum absolute atomic E-state index is 0.0842. The number of nitrogens with two attached hydrogens (primary N) is 1. The number of benzene rings is 1. The molecule has 1 amide bonds. The number of piperazine rings is 1. The SMILES string of the molecule is COC(=O)c1cccc(N2CCN(C(C)=O)CC2)c1N. The number of carbonyl (C=O) groups is 2. The number of amides is 1. The van der Waals surface area contributed by atoms with Gasteiger partial charge in [-0.1, -0.05) is 6.07 Å². The standard InChI is InChI=1S/C14H19N3O3/c1-10(18)16-6-8-17(9-7-16)12-5-3-4-11(13(12)15)14(19)20-2/h3-5H,6-9,15H2,1-2H3. The quantitative estimate of drug-likeness (QED) is 0.637. The highest BCUT2D eigenvalue weighted by atomic mass is 16.5. The minimum atomic E-state index is -0.438. The van der Waals surface area contributed by atoms with E-state index < -0.39 is 5.97 Å². The number of hydrogen-bond acceptors (Lipinski definition) is 5. The zero-order valence-electron chi connectivity index (χ0n) is 11.8. The van der Waals surface area contributed by atoms with E-state index in [1.807, 2.05) is 6.07 Å². The molecule has 108 valence electrons. The van der Waals surface area contributed by atoms with E-state index >= 15 is 0 Å². The zero-order valence-corrected chi connectivity index (χ0v) is 11.8. The van der Waals surface area contributed by atoms with Gasteiger partial charge in [-0.05, 0) is 12.1 Å². The van der Waals surface area contributed by atoms with E-state index in [1.165, 1.54) is 7.11 Å². The lowest BCUT2D eigenvalue weighted by Crippen LogP contribution is -2.48. The Morgan fingerprint density at radius 2 is 1.85 bits per heavy atom. The summed E-state index contributed by atoms with van der Waals surface area (Å²) in [7, 11) is 1.33. The van der Waals surface area contributed by atoms with Crippen LogP contribution in [0.3, 0.4) is 0 Å². The Kier molecular flexibility index (Phi) is 4.12. The normalized spacial score (nSPS) is 15.1. The highest BCUT2D eigenvalue weighted by Gasteiger charge is 2.22. The number of hydrogen-bond donors (Lipinski definition) is 1. The van der Waals surface area contributed by atoms with Crippen molar-refractivity contribution in [3.05, 3.63) is 23.8 Å². The summed E-state index contributed by atoms with van der Waals surface area (Å²) in [5.74, 6) is -0.354. The molecule has 1 saturated heterocycles. The first-order valence-corrected chi connectivity index (χ1v) is 6.52. The van der Waals surface area contributed by atoms with Gasteiger partial charge in [0.2, 0.25) is 5.91 Å². The molecule has 1 aliphatic rings. The van der Waals surface area contributed by atoms with Gasteiger partial charge in [0.1, 0.15) is 0 Å². The summed E-state index contributed by atoms with van der Waals surface area (Å²) >= 11 is 0. The number of nitrogen functional groups attached to an aromatic ring is 1. The van der Waals surface area contributed by atoms with Crippen molar-refractivity contribution < 1.29 is 14.3 Å². The maximum atomic E-state index is 11.6. The average molecular weight is 277 g/mol. The molecule has 6 heteroatoms. The first kappa shape index (κ1) is 14.2. The van der Waals surface area contributed by atoms with Crippen LogP contribution in [-0.4, -0.2) is 50.1 Å². The van der Waals surface area contributed by atoms with Gasteiger partial charge in [-0.3, -0.25) is 4.79 Å². The van der Waals surface area contributed by atoms with Gasteiger partial charge in [-0.2, -0.15) is 0 Å². The van der Waals surface area contributed by atoms with Gasteiger partial charge in [0.15, 0.2) is 0 Å². The summed E-state index contributed by atoms with van der Waals surface area (Å²) in [5, 5.41) is 0. The second-order valence-electron chi connectivity index (χ2n) is 4.72. The molecule has 0 saturated carbocycles. The topological polar surface area (TPSA) is 75.9 Å². The lowest BCUT2D eigenvalue weighted by atomic mass is 10.1. The van der Waals surface area contributed by atoms with E-state index in [4.69, 9.17) is 10.5 Å². The van der Waals surface area contributed by atoms with Gasteiger partial charge >= 0.3 is 5.97 Å². The lowest BCUT2D eigenvalue weighted by Gasteiger charge is -2.36. The van der Waals surface area contributed by atoms with Crippen molar-refractivity contribution in [1.29, 1.82) is 0 Å². The summed E-state index contributed by atoms with van der Waals surface area (Å²) in [4.78, 5) is 26.8. The second kappa shape index (κ2) is 5.81. The summed E-state index contributed by atoms with van der Waals surface area (Å²) in [5.41, 5.74) is 7.68. The third-order valence-corrected chi connectivity index (χ3v) is 3.55. The molecule has 20 heavy (non-hydrogen) atoms. The number of nitrogens with zero attached hydrogens (tertiary/aromatic N) is 2. The molecule has 6 nitrogen and oxygen atoms in total. The van der Waals surface area contributed by atoms with Crippen LogP contribution in [0.25, 0.3) is 0 Å². The number of ether oxygens (including phenoxy) is 1. The Labute approximate surface area is 118 Å². The van der Waals surface area contributed by atoms with Crippen molar-refractivity contribution in [2.45, 2.75) is 6.92 Å². The maximum absolute atomic E-state index is 11.6. The van der Waals surface area contributed by atoms with Crippen LogP contribution >= 0.6 is 0 Å². The molecule has 0 radical (unpaired) electrons. The largest absolute Gasteiger partial charge is 0.465 e. The fraction of sp³-hybridized carbons (Fsp3) is 0.429. The van der Waals surface area contributed by atoms with Crippen molar-refractivity contribution >= 4 is 23.3 Å². The molecule has 1 fully saturated rings. The van der Waals surface area contributed by atoms with Crippen molar-refractivity contribution in [3.8, 4) is 0 Å². The smallest absolute Gasteiger partial charge is 0.340 e. The number of rotatable bonds is 2. The maximum Gasteiger partial charge on any atom is 0.340 e. The zero-order chi connectivity index (χ0) is 14.7. The molecule has 1 aromatic rings. The van der Waals surface area contributed by atoms with Crippen LogP contribution < -0.4 is 10.6 Å². The first-order chi connectivity index (χ1) is 9.54. The fourth-order valence-corrected chi connectivity index (χ4v) is 2.38. The highest BCUT2D eigenvalue weighted by molar-refractivity contribution is 5.98. The highest BCUT2D eigenvalue weighted by Crippen LogP contribution is 2.28. The minimum Gasteiger partial charge on any atom is -0.465 e. The second-order valence-corrected chi connectivity index (χ2v) is 4.72. The van der Waals surface area contributed by atoms with E-state index in [9.17, 15) is 9.59 Å². The molecular formula is C14H19N3O3. The predicted molar refractivity (Wildman–Crippen MR) is 76.7 cm³/mol. The summed E-state index contributed by atoms with van der Waals surface area (Å²) < 4.78 is 4.72. The number of carbonyl (C=O) groups excluding carboxylic acids is 2. The molecule has 0 unspecified atom stereocenters. The van der Waals surface area contributed by atoms with Gasteiger partial charge in [0.25, 0.3) is 0 Å². The Morgan fingerprint density at radius 1 is 1.20 bits per heavy atom. The fourth-order valence-electron chi connectivity index (χ4n) is 2.38. The Hall–Kier alpha value is -2.24. The van der Waals surface area contributed by atoms with E-state index in [0.717, 1.165) is 5.69 Å². The third kappa shape index (κ3) is 2.68. The molecule has 1 heterocycles. The van der Waals surface area contributed by atoms with Crippen molar-refractivity contribution in [2.24, 2.45) is 0 Å². The van der Waals surface area contributed by atoms with Crippen LogP contribution in [0.4, 0.5) is 11.4 Å². The van der Waals surface area contributed by atoms with E-state index in [0.29, 0.717) is 37.4 Å². The van der Waals surface area contributed by atoms with Crippen LogP contribution in [0.2, 0.25) is 0 Å². The van der Waals surface area contributed by atoms with Crippen molar-refractivity contribution in [2.75, 3.05) is 43.9 Å². The molecule has 0 bridgehead atoms. The molecule has 0 spiro atoms. The summed E-state index contributed by atoms with van der Waals surface area (Å²) in [6.45, 7) is 4.30. The molecule has 0 atom stereocenters. The molecule has 2 rings (SSSR count). The van der Waals surface area contributed by atoms with E-state index in [1.54, 1.807) is 24.0 Å². The van der Waals surface area contributed by atoms with Crippen LogP contribution in [0.1, 0.15) is 17.3 Å². The Balaban J connectivity index is 2.18. The molecule has 1 aromatic carbocycles. The van der Waals surface area contributed by atoms with Gasteiger partial charge in [0, 0.05) is 33.1 Å². The lowest BCUT2D eigenvalue weighted by molar-refractivity contribution is -0.129. The molecule has 0 aromatic heterocycles. The third-order valence-electron chi connectivity index (χ3n) is 3.55. The summed E-state index contributed by atoms with van der Waals surface area (Å²) in [6.07, 6.45) is 0. The monoisotopic (exact) mass is 277 g/mol. The van der Waals surface area contributed by atoms with Gasteiger partial charge < -0.3 is 20.3 Å². The van der Waals surface area contributed by atoms with Gasteiger partial charge in [0.05, 0.1) is 24.0 Å². The van der Waals surface area contributed by atoms with Gasteiger partial charge in [-0.15, -0.1) is 0 Å².